The minimum atomic E-state index is -0.0397. The van der Waals surface area contributed by atoms with Gasteiger partial charge in [-0.3, -0.25) is 4.79 Å². The van der Waals surface area contributed by atoms with Gasteiger partial charge < -0.3 is 24.3 Å². The Kier molecular flexibility index (Phi) is 14.0. The predicted octanol–water partition coefficient (Wildman–Crippen LogP) is 10.0. The van der Waals surface area contributed by atoms with Crippen LogP contribution in [0.3, 0.4) is 0 Å². The lowest BCUT2D eigenvalue weighted by atomic mass is 9.96. The summed E-state index contributed by atoms with van der Waals surface area (Å²) in [7, 11) is 0. The predicted molar refractivity (Wildman–Crippen MR) is 209 cm³/mol. The zero-order valence-corrected chi connectivity index (χ0v) is 31.4. The maximum atomic E-state index is 13.8. The van der Waals surface area contributed by atoms with E-state index in [0.29, 0.717) is 19.1 Å². The molecule has 8 heteroatoms. The third kappa shape index (κ3) is 10.5. The third-order valence-corrected chi connectivity index (χ3v) is 10.1. The number of ether oxygens (including phenoxy) is 2. The molecule has 4 aromatic rings. The normalized spacial score (nSPS) is 14.1. The summed E-state index contributed by atoms with van der Waals surface area (Å²) in [6, 6.07) is 21.1. The quantitative estimate of drug-likeness (QED) is 0.0877. The molecule has 2 heterocycles. The molecule has 0 atom stereocenters. The second-order valence-corrected chi connectivity index (χ2v) is 14.5. The van der Waals surface area contributed by atoms with Crippen molar-refractivity contribution in [1.29, 1.82) is 0 Å². The van der Waals surface area contributed by atoms with Crippen LogP contribution in [-0.4, -0.2) is 48.4 Å². The molecule has 0 spiro atoms. The van der Waals surface area contributed by atoms with Crippen LogP contribution >= 0.6 is 11.8 Å². The van der Waals surface area contributed by atoms with Gasteiger partial charge in [0.25, 0.3) is 5.91 Å². The number of imidazole rings is 1. The van der Waals surface area contributed by atoms with Crippen LogP contribution in [-0.2, 0) is 21.8 Å². The van der Waals surface area contributed by atoms with E-state index in [-0.39, 0.29) is 5.91 Å². The van der Waals surface area contributed by atoms with E-state index in [1.165, 1.54) is 16.3 Å². The van der Waals surface area contributed by atoms with Crippen LogP contribution < -0.4 is 15.0 Å². The number of carbonyl (C=O) groups is 1. The number of hydrogen-bond acceptors (Lipinski definition) is 6. The molecule has 1 aliphatic heterocycles. The Morgan fingerprint density at radius 2 is 1.80 bits per heavy atom. The van der Waals surface area contributed by atoms with Gasteiger partial charge in [0.05, 0.1) is 12.9 Å². The number of amides is 1. The number of nitrogens with zero attached hydrogens (tertiary/aromatic N) is 3. The van der Waals surface area contributed by atoms with Crippen molar-refractivity contribution in [3.05, 3.63) is 95.6 Å². The Labute approximate surface area is 303 Å². The van der Waals surface area contributed by atoms with Gasteiger partial charge in [-0.25, -0.2) is 4.98 Å². The number of rotatable bonds is 17. The fourth-order valence-electron chi connectivity index (χ4n) is 6.26. The van der Waals surface area contributed by atoms with Gasteiger partial charge >= 0.3 is 0 Å². The number of anilines is 2. The molecule has 0 bridgehead atoms. The lowest BCUT2D eigenvalue weighted by Crippen LogP contribution is -2.30. The van der Waals surface area contributed by atoms with Crippen LogP contribution in [0.1, 0.15) is 76.6 Å². The number of benzene rings is 3. The van der Waals surface area contributed by atoms with E-state index in [9.17, 15) is 4.79 Å². The molecule has 0 saturated carbocycles. The molecule has 0 fully saturated rings. The van der Waals surface area contributed by atoms with Crippen LogP contribution in [0.15, 0.2) is 83.7 Å². The Hall–Kier alpha value is -4.01. The Bertz CT molecular complexity index is 1710. The molecule has 7 nitrogen and oxygen atoms in total. The highest BCUT2D eigenvalue weighted by Gasteiger charge is 2.20. The van der Waals surface area contributed by atoms with E-state index in [1.807, 2.05) is 42.5 Å². The number of hydrogen-bond donors (Lipinski definition) is 1. The summed E-state index contributed by atoms with van der Waals surface area (Å²) >= 11 is 1.81. The van der Waals surface area contributed by atoms with Crippen molar-refractivity contribution in [1.82, 2.24) is 9.55 Å². The molecular formula is C42H54N4O3S. The van der Waals surface area contributed by atoms with Crippen molar-refractivity contribution in [2.45, 2.75) is 83.9 Å². The molecule has 50 heavy (non-hydrogen) atoms. The maximum Gasteiger partial charge on any atom is 0.251 e. The maximum absolute atomic E-state index is 13.8. The molecule has 0 aliphatic carbocycles. The smallest absolute Gasteiger partial charge is 0.251 e. The molecule has 1 aliphatic rings. The van der Waals surface area contributed by atoms with Crippen LogP contribution in [0.2, 0.25) is 0 Å². The van der Waals surface area contributed by atoms with Gasteiger partial charge in [0.1, 0.15) is 12.4 Å². The molecule has 1 amide bonds. The summed E-state index contributed by atoms with van der Waals surface area (Å²) in [5, 5.41) is 3.21. The number of carbonyl (C=O) groups excluding carboxylic acids is 1. The lowest BCUT2D eigenvalue weighted by molar-refractivity contribution is -0.112. The van der Waals surface area contributed by atoms with Crippen LogP contribution in [0.25, 0.3) is 17.2 Å². The SMILES string of the molecule is CCCCOCCOc1ccc(-c2ccc3c(c2)/C=C(/C(=O)Nc2ccc(SCc4cncn4CCC)c(C)c2)CCCN3CC(C)C)cc1. The number of aromatic nitrogens is 2. The Morgan fingerprint density at radius 1 is 0.980 bits per heavy atom. The second-order valence-electron chi connectivity index (χ2n) is 13.5. The first kappa shape index (κ1) is 37.3. The monoisotopic (exact) mass is 694 g/mol. The average molecular weight is 695 g/mol. The summed E-state index contributed by atoms with van der Waals surface area (Å²) in [6.45, 7) is 15.8. The van der Waals surface area contributed by atoms with E-state index in [2.05, 4.69) is 103 Å². The highest BCUT2D eigenvalue weighted by atomic mass is 32.2. The van der Waals surface area contributed by atoms with Gasteiger partial charge in [-0.05, 0) is 109 Å². The molecule has 3 aromatic carbocycles. The Morgan fingerprint density at radius 3 is 2.56 bits per heavy atom. The molecule has 5 rings (SSSR count). The van der Waals surface area contributed by atoms with E-state index >= 15 is 0 Å². The number of unbranched alkanes of at least 4 members (excludes halogenated alkanes) is 1. The third-order valence-electron chi connectivity index (χ3n) is 8.85. The van der Waals surface area contributed by atoms with Gasteiger partial charge in [0.15, 0.2) is 0 Å². The molecule has 0 unspecified atom stereocenters. The second kappa shape index (κ2) is 18.8. The Balaban J connectivity index is 1.30. The number of aryl methyl sites for hydroxylation is 2. The summed E-state index contributed by atoms with van der Waals surface area (Å²) < 4.78 is 13.8. The van der Waals surface area contributed by atoms with Gasteiger partial charge in [-0.1, -0.05) is 52.3 Å². The topological polar surface area (TPSA) is 68.6 Å². The first-order valence-electron chi connectivity index (χ1n) is 18.3. The standard InChI is InChI=1S/C42H54N4O3S/c1-6-8-21-48-22-23-49-39-15-11-33(12-16-39)34-13-17-40-36(25-34)26-35(10-9-20-45(40)28-31(3)4)42(47)44-37-14-18-41(32(5)24-37)50-29-38-27-43-30-46(38)19-7-2/h11-18,24-27,30-31H,6-10,19-23,28-29H2,1-5H3,(H,44,47)/b35-26+. The molecular weight excluding hydrogens is 641 g/mol. The minimum absolute atomic E-state index is 0.0397. The van der Waals surface area contributed by atoms with E-state index in [1.54, 1.807) is 0 Å². The number of fused-ring (bicyclic) bond motifs is 1. The van der Waals surface area contributed by atoms with E-state index in [0.717, 1.165) is 103 Å². The van der Waals surface area contributed by atoms with Crippen LogP contribution in [0, 0.1) is 12.8 Å². The van der Waals surface area contributed by atoms with Crippen LogP contribution in [0.4, 0.5) is 11.4 Å². The lowest BCUT2D eigenvalue weighted by Gasteiger charge is -2.30. The van der Waals surface area contributed by atoms with Crippen molar-refractivity contribution in [3.63, 3.8) is 0 Å². The van der Waals surface area contributed by atoms with Gasteiger partial charge in [-0.2, -0.15) is 0 Å². The summed E-state index contributed by atoms with van der Waals surface area (Å²) in [6.07, 6.45) is 10.9. The molecule has 0 radical (unpaired) electrons. The number of thioether (sulfide) groups is 1. The van der Waals surface area contributed by atoms with Crippen molar-refractivity contribution >= 4 is 35.1 Å². The minimum Gasteiger partial charge on any atom is -0.491 e. The van der Waals surface area contributed by atoms with Gasteiger partial charge in [0, 0.05) is 65.7 Å². The molecule has 0 saturated heterocycles. The number of nitrogens with one attached hydrogen (secondary N) is 1. The molecule has 266 valence electrons. The van der Waals surface area contributed by atoms with Crippen molar-refractivity contribution in [3.8, 4) is 16.9 Å². The zero-order chi connectivity index (χ0) is 35.3. The van der Waals surface area contributed by atoms with Crippen molar-refractivity contribution < 1.29 is 14.3 Å². The van der Waals surface area contributed by atoms with Gasteiger partial charge in [0.2, 0.25) is 0 Å². The van der Waals surface area contributed by atoms with Gasteiger partial charge in [-0.15, -0.1) is 11.8 Å². The van der Waals surface area contributed by atoms with E-state index < -0.39 is 0 Å². The summed E-state index contributed by atoms with van der Waals surface area (Å²) in [5.41, 5.74) is 8.47. The highest BCUT2D eigenvalue weighted by Crippen LogP contribution is 2.34. The van der Waals surface area contributed by atoms with Crippen molar-refractivity contribution in [2.75, 3.05) is 43.1 Å². The first-order valence-corrected chi connectivity index (χ1v) is 19.3. The largest absolute Gasteiger partial charge is 0.491 e. The van der Waals surface area contributed by atoms with Crippen LogP contribution in [0.5, 0.6) is 5.75 Å². The molecule has 1 N–H and O–H groups in total. The summed E-state index contributed by atoms with van der Waals surface area (Å²) in [4.78, 5) is 21.8. The highest BCUT2D eigenvalue weighted by molar-refractivity contribution is 7.98. The zero-order valence-electron chi connectivity index (χ0n) is 30.5. The fourth-order valence-corrected chi connectivity index (χ4v) is 7.26. The fraction of sp³-hybridized carbons (Fsp3) is 0.429. The van der Waals surface area contributed by atoms with E-state index in [4.69, 9.17) is 9.47 Å². The summed E-state index contributed by atoms with van der Waals surface area (Å²) in [5.74, 6) is 2.19. The van der Waals surface area contributed by atoms with Crippen molar-refractivity contribution in [2.24, 2.45) is 5.92 Å². The first-order chi connectivity index (χ1) is 24.3. The molecule has 1 aromatic heterocycles. The average Bonchev–Trinajstić information content (AvgIpc) is 3.54.